The predicted octanol–water partition coefficient (Wildman–Crippen LogP) is 6.81. The zero-order chi connectivity index (χ0) is 21.2. The van der Waals surface area contributed by atoms with Crippen molar-refractivity contribution in [2.75, 3.05) is 9.80 Å². The van der Waals surface area contributed by atoms with Crippen LogP contribution in [0.4, 0.5) is 11.4 Å². The molecule has 0 aliphatic carbocycles. The molecule has 4 nitrogen and oxygen atoms in total. The summed E-state index contributed by atoms with van der Waals surface area (Å²) in [6.07, 6.45) is 5.48. The third-order valence-corrected chi connectivity index (χ3v) is 4.36. The molecule has 0 saturated heterocycles. The van der Waals surface area contributed by atoms with Crippen molar-refractivity contribution >= 4 is 38.2 Å². The Hall–Kier alpha value is -1.13. The van der Waals surface area contributed by atoms with E-state index in [-0.39, 0.29) is 0 Å². The second kappa shape index (κ2) is 12.5. The summed E-state index contributed by atoms with van der Waals surface area (Å²) >= 11 is 6.80. The van der Waals surface area contributed by atoms with E-state index in [0.29, 0.717) is 26.0 Å². The summed E-state index contributed by atoms with van der Waals surface area (Å²) in [5, 5.41) is 0. The van der Waals surface area contributed by atoms with Crippen LogP contribution in [0, 0.1) is 6.67 Å². The van der Waals surface area contributed by atoms with E-state index in [0.717, 1.165) is 5.69 Å². The van der Waals surface area contributed by atoms with Crippen LogP contribution < -0.4 is 9.80 Å². The second-order valence-corrected chi connectivity index (χ2v) is 14.1. The SMILES string of the molecule is CC(C)N1[CH-]N(C(C)C)c2ccccc21.[Br][Pd][Br].c1ccc(-n2ccnc2)cc1. The Morgan fingerprint density at radius 2 is 1.31 bits per heavy atom. The van der Waals surface area contributed by atoms with Gasteiger partial charge in [-0.1, -0.05) is 30.3 Å². The largest absolute Gasteiger partial charge is 0.306 e. The quantitative estimate of drug-likeness (QED) is 0.240. The molecular weight excluding hydrogens is 586 g/mol. The molecule has 2 aromatic carbocycles. The molecule has 0 fully saturated rings. The number of para-hydroxylation sites is 3. The predicted molar refractivity (Wildman–Crippen MR) is 127 cm³/mol. The molecule has 3 aromatic rings. The van der Waals surface area contributed by atoms with E-state index in [4.69, 9.17) is 0 Å². The van der Waals surface area contributed by atoms with Crippen LogP contribution >= 0.6 is 26.9 Å². The van der Waals surface area contributed by atoms with Crippen molar-refractivity contribution in [1.82, 2.24) is 9.55 Å². The molecule has 0 spiro atoms. The third-order valence-electron chi connectivity index (χ3n) is 4.36. The van der Waals surface area contributed by atoms with Gasteiger partial charge in [-0.25, -0.2) is 4.98 Å². The van der Waals surface area contributed by atoms with Crippen LogP contribution in [0.1, 0.15) is 27.7 Å². The molecule has 7 heteroatoms. The van der Waals surface area contributed by atoms with Crippen LogP contribution in [0.25, 0.3) is 5.69 Å². The van der Waals surface area contributed by atoms with Crippen molar-refractivity contribution in [1.29, 1.82) is 0 Å². The molecule has 0 atom stereocenters. The first-order chi connectivity index (χ1) is 14.0. The number of rotatable bonds is 3. The van der Waals surface area contributed by atoms with Crippen LogP contribution in [-0.2, 0) is 13.9 Å². The standard InChI is InChI=1S/C13H19N2.C9H8N2.2BrH.Pd/c1-10(2)14-9-15(11(3)4)13-8-6-5-7-12(13)14;1-2-4-9(5-3-1)11-7-6-10-8-11;;;/h5-11H,1-4H3;1-8H;2*1H;/q-1;;;;+2/p-2. The molecule has 0 N–H and O–H groups in total. The summed E-state index contributed by atoms with van der Waals surface area (Å²) < 4.78 is 1.97. The van der Waals surface area contributed by atoms with Crippen molar-refractivity contribution in [2.45, 2.75) is 39.8 Å². The Kier molecular flexibility index (Phi) is 10.4. The number of aromatic nitrogens is 2. The van der Waals surface area contributed by atoms with Crippen LogP contribution in [0.15, 0.2) is 73.3 Å². The minimum absolute atomic E-state index is 0.509. The molecule has 0 unspecified atom stereocenters. The minimum Gasteiger partial charge on any atom is -0.306 e. The van der Waals surface area contributed by atoms with E-state index in [1.54, 1.807) is 12.5 Å². The number of fused-ring (bicyclic) bond motifs is 1. The molecule has 1 aromatic heterocycles. The number of nitrogens with zero attached hydrogens (tertiary/aromatic N) is 4. The molecule has 1 aliphatic rings. The fourth-order valence-electron chi connectivity index (χ4n) is 2.99. The summed E-state index contributed by atoms with van der Waals surface area (Å²) in [7, 11) is 0. The van der Waals surface area contributed by atoms with Gasteiger partial charge in [-0.3, -0.25) is 0 Å². The molecule has 0 saturated carbocycles. The van der Waals surface area contributed by atoms with E-state index in [1.807, 2.05) is 41.1 Å². The monoisotopic (exact) mass is 611 g/mol. The molecule has 0 amide bonds. The van der Waals surface area contributed by atoms with Crippen LogP contribution in [0.3, 0.4) is 0 Å². The van der Waals surface area contributed by atoms with E-state index >= 15 is 0 Å². The van der Waals surface area contributed by atoms with Crippen molar-refractivity contribution < 1.29 is 13.9 Å². The van der Waals surface area contributed by atoms with Gasteiger partial charge in [-0.2, -0.15) is 6.67 Å². The Labute approximate surface area is 195 Å². The Morgan fingerprint density at radius 1 is 0.828 bits per heavy atom. The van der Waals surface area contributed by atoms with E-state index in [2.05, 4.69) is 100 Å². The van der Waals surface area contributed by atoms with Gasteiger partial charge in [0.25, 0.3) is 0 Å². The third kappa shape index (κ3) is 6.96. The first-order valence-corrected chi connectivity index (χ1v) is 16.5. The van der Waals surface area contributed by atoms with Crippen LogP contribution in [0.2, 0.25) is 0 Å². The Morgan fingerprint density at radius 3 is 1.72 bits per heavy atom. The average molecular weight is 614 g/mol. The molecule has 160 valence electrons. The fraction of sp³-hybridized carbons (Fsp3) is 0.273. The molecular formula is C22H27Br2N4Pd-. The van der Waals surface area contributed by atoms with Gasteiger partial charge in [0.15, 0.2) is 0 Å². The topological polar surface area (TPSA) is 24.3 Å². The average Bonchev–Trinajstić information content (AvgIpc) is 3.38. The van der Waals surface area contributed by atoms with Gasteiger partial charge in [0.05, 0.1) is 6.33 Å². The van der Waals surface area contributed by atoms with Crippen LogP contribution in [-0.4, -0.2) is 21.6 Å². The molecule has 4 rings (SSSR count). The molecule has 0 bridgehead atoms. The summed E-state index contributed by atoms with van der Waals surface area (Å²) in [6.45, 7) is 11.1. The summed E-state index contributed by atoms with van der Waals surface area (Å²) in [6, 6.07) is 19.7. The molecule has 2 heterocycles. The minimum atomic E-state index is 0.509. The number of hydrogen-bond acceptors (Lipinski definition) is 3. The van der Waals surface area contributed by atoms with E-state index < -0.39 is 0 Å². The van der Waals surface area contributed by atoms with E-state index in [9.17, 15) is 0 Å². The normalized spacial score (nSPS) is 12.4. The second-order valence-electron chi connectivity index (χ2n) is 6.96. The summed E-state index contributed by atoms with van der Waals surface area (Å²) in [5.74, 6) is 0. The smallest absolute Gasteiger partial charge is 0.0991 e. The molecule has 0 radical (unpaired) electrons. The molecule has 1 aliphatic heterocycles. The zero-order valence-electron chi connectivity index (χ0n) is 17.0. The first kappa shape index (κ1) is 24.1. The summed E-state index contributed by atoms with van der Waals surface area (Å²) in [4.78, 5) is 8.62. The number of anilines is 2. The van der Waals surface area contributed by atoms with Crippen molar-refractivity contribution in [2.24, 2.45) is 0 Å². The van der Waals surface area contributed by atoms with Gasteiger partial charge >= 0.3 is 40.8 Å². The zero-order valence-corrected chi connectivity index (χ0v) is 21.7. The van der Waals surface area contributed by atoms with E-state index in [1.165, 1.54) is 11.4 Å². The van der Waals surface area contributed by atoms with Gasteiger partial charge < -0.3 is 14.4 Å². The summed E-state index contributed by atoms with van der Waals surface area (Å²) in [5.41, 5.74) is 3.78. The number of imidazole rings is 1. The fourth-order valence-corrected chi connectivity index (χ4v) is 2.99. The van der Waals surface area contributed by atoms with Crippen molar-refractivity contribution in [3.05, 3.63) is 80.0 Å². The van der Waals surface area contributed by atoms with Gasteiger partial charge in [0.1, 0.15) is 0 Å². The molecule has 29 heavy (non-hydrogen) atoms. The van der Waals surface area contributed by atoms with Crippen LogP contribution in [0.5, 0.6) is 0 Å². The van der Waals surface area contributed by atoms with Gasteiger partial charge in [0, 0.05) is 29.5 Å². The maximum Gasteiger partial charge on any atom is 0.0991 e. The van der Waals surface area contributed by atoms with Crippen molar-refractivity contribution in [3.8, 4) is 5.69 Å². The van der Waals surface area contributed by atoms with Gasteiger partial charge in [-0.15, -0.1) is 0 Å². The Bertz CT molecular complexity index is 793. The number of benzene rings is 2. The maximum atomic E-state index is 3.96. The van der Waals surface area contributed by atoms with Gasteiger partial charge in [-0.05, 0) is 64.0 Å². The number of halogens is 2. The first-order valence-electron chi connectivity index (χ1n) is 9.36. The Balaban J connectivity index is 0.000000189. The van der Waals surface area contributed by atoms with Gasteiger partial charge in [0.2, 0.25) is 0 Å². The number of hydrogen-bond donors (Lipinski definition) is 0. The maximum absolute atomic E-state index is 3.96. The van der Waals surface area contributed by atoms with Crippen molar-refractivity contribution in [3.63, 3.8) is 0 Å².